The topological polar surface area (TPSA) is 41.3 Å². The van der Waals surface area contributed by atoms with Gasteiger partial charge in [-0.15, -0.1) is 0 Å². The van der Waals surface area contributed by atoms with Crippen LogP contribution in [-0.2, 0) is 0 Å². The summed E-state index contributed by atoms with van der Waals surface area (Å²) in [5, 5.41) is 3.37. The highest BCUT2D eigenvalue weighted by Gasteiger charge is 2.17. The number of hydrogen-bond donors (Lipinski definition) is 2. The lowest BCUT2D eigenvalue weighted by Crippen LogP contribution is -2.43. The summed E-state index contributed by atoms with van der Waals surface area (Å²) in [7, 11) is 2.22. The molecule has 1 rings (SSSR count). The molecule has 0 aromatic carbocycles. The molecule has 3 heteroatoms. The molecule has 0 aliphatic carbocycles. The molecule has 0 saturated carbocycles. The van der Waals surface area contributed by atoms with Gasteiger partial charge in [-0.3, -0.25) is 0 Å². The van der Waals surface area contributed by atoms with Crippen LogP contribution in [0.2, 0.25) is 0 Å². The molecule has 0 amide bonds. The number of hydrogen-bond acceptors (Lipinski definition) is 3. The molecule has 12 heavy (non-hydrogen) atoms. The van der Waals surface area contributed by atoms with Crippen molar-refractivity contribution in [1.29, 1.82) is 0 Å². The second-order valence-electron chi connectivity index (χ2n) is 3.62. The van der Waals surface area contributed by atoms with Crippen LogP contribution in [0.3, 0.4) is 0 Å². The fourth-order valence-electron chi connectivity index (χ4n) is 1.77. The minimum absolute atomic E-state index is 0.741. The third-order valence-corrected chi connectivity index (χ3v) is 2.62. The van der Waals surface area contributed by atoms with Gasteiger partial charge < -0.3 is 16.0 Å². The second kappa shape index (κ2) is 5.51. The Morgan fingerprint density at radius 3 is 3.00 bits per heavy atom. The smallest absolute Gasteiger partial charge is 0.0217 e. The van der Waals surface area contributed by atoms with Gasteiger partial charge in [-0.25, -0.2) is 0 Å². The number of nitrogens with one attached hydrogen (secondary N) is 1. The van der Waals surface area contributed by atoms with E-state index in [0.717, 1.165) is 25.7 Å². The van der Waals surface area contributed by atoms with Crippen molar-refractivity contribution < 1.29 is 0 Å². The van der Waals surface area contributed by atoms with Crippen molar-refractivity contribution in [2.45, 2.75) is 25.3 Å². The summed E-state index contributed by atoms with van der Waals surface area (Å²) in [6.45, 7) is 4.06. The van der Waals surface area contributed by atoms with E-state index >= 15 is 0 Å². The molecule has 3 N–H and O–H groups in total. The summed E-state index contributed by atoms with van der Waals surface area (Å²) >= 11 is 0. The second-order valence-corrected chi connectivity index (χ2v) is 3.62. The zero-order chi connectivity index (χ0) is 8.81. The monoisotopic (exact) mass is 171 g/mol. The molecule has 0 spiro atoms. The van der Waals surface area contributed by atoms with Gasteiger partial charge in [0, 0.05) is 25.7 Å². The third kappa shape index (κ3) is 3.09. The van der Waals surface area contributed by atoms with E-state index in [1.165, 1.54) is 25.8 Å². The standard InChI is InChI=1S/C9H21N3/c1-12-7-3-2-4-9(12)8-11-6-5-10/h9,11H,2-8,10H2,1H3. The minimum atomic E-state index is 0.741. The van der Waals surface area contributed by atoms with Crippen LogP contribution in [-0.4, -0.2) is 44.2 Å². The van der Waals surface area contributed by atoms with Gasteiger partial charge in [-0.1, -0.05) is 6.42 Å². The average Bonchev–Trinajstić information content (AvgIpc) is 2.09. The van der Waals surface area contributed by atoms with E-state index < -0.39 is 0 Å². The Morgan fingerprint density at radius 2 is 2.33 bits per heavy atom. The van der Waals surface area contributed by atoms with Crippen molar-refractivity contribution in [3.63, 3.8) is 0 Å². The summed E-state index contributed by atoms with van der Waals surface area (Å²) in [6, 6.07) is 0.741. The molecule has 1 atom stereocenters. The van der Waals surface area contributed by atoms with E-state index in [1.54, 1.807) is 0 Å². The van der Waals surface area contributed by atoms with Gasteiger partial charge in [0.25, 0.3) is 0 Å². The lowest BCUT2D eigenvalue weighted by atomic mass is 10.0. The van der Waals surface area contributed by atoms with Crippen LogP contribution < -0.4 is 11.1 Å². The number of likely N-dealkylation sites (N-methyl/N-ethyl adjacent to an activating group) is 1. The van der Waals surface area contributed by atoms with E-state index in [1.807, 2.05) is 0 Å². The van der Waals surface area contributed by atoms with Gasteiger partial charge in [0.2, 0.25) is 0 Å². The van der Waals surface area contributed by atoms with E-state index in [4.69, 9.17) is 5.73 Å². The van der Waals surface area contributed by atoms with Crippen LogP contribution in [0.4, 0.5) is 0 Å². The number of piperidine rings is 1. The van der Waals surface area contributed by atoms with Crippen molar-refractivity contribution >= 4 is 0 Å². The molecular weight excluding hydrogens is 150 g/mol. The predicted octanol–water partition coefficient (Wildman–Crippen LogP) is 0.0190. The first-order chi connectivity index (χ1) is 5.84. The van der Waals surface area contributed by atoms with Gasteiger partial charge in [-0.2, -0.15) is 0 Å². The highest BCUT2D eigenvalue weighted by molar-refractivity contribution is 4.75. The number of likely N-dealkylation sites (tertiary alicyclic amines) is 1. The normalized spacial score (nSPS) is 26.0. The zero-order valence-electron chi connectivity index (χ0n) is 8.05. The van der Waals surface area contributed by atoms with Crippen molar-refractivity contribution in [3.05, 3.63) is 0 Å². The van der Waals surface area contributed by atoms with E-state index in [0.29, 0.717) is 0 Å². The Kier molecular flexibility index (Phi) is 4.58. The molecule has 1 unspecified atom stereocenters. The molecule has 3 nitrogen and oxygen atoms in total. The maximum absolute atomic E-state index is 5.40. The molecule has 1 saturated heterocycles. The lowest BCUT2D eigenvalue weighted by molar-refractivity contribution is 0.182. The fourth-order valence-corrected chi connectivity index (χ4v) is 1.77. The Bertz CT molecular complexity index is 116. The van der Waals surface area contributed by atoms with Gasteiger partial charge in [0.05, 0.1) is 0 Å². The van der Waals surface area contributed by atoms with Gasteiger partial charge >= 0.3 is 0 Å². The van der Waals surface area contributed by atoms with Crippen LogP contribution in [0.5, 0.6) is 0 Å². The van der Waals surface area contributed by atoms with Gasteiger partial charge in [0.1, 0.15) is 0 Å². The van der Waals surface area contributed by atoms with Crippen molar-refractivity contribution in [1.82, 2.24) is 10.2 Å². The number of rotatable bonds is 4. The first-order valence-corrected chi connectivity index (χ1v) is 4.95. The Morgan fingerprint density at radius 1 is 1.50 bits per heavy atom. The van der Waals surface area contributed by atoms with E-state index in [-0.39, 0.29) is 0 Å². The fraction of sp³-hybridized carbons (Fsp3) is 1.00. The Balaban J connectivity index is 2.11. The van der Waals surface area contributed by atoms with Crippen LogP contribution in [0.15, 0.2) is 0 Å². The summed E-state index contributed by atoms with van der Waals surface area (Å²) in [4.78, 5) is 2.45. The molecule has 1 aliphatic heterocycles. The maximum Gasteiger partial charge on any atom is 0.0217 e. The predicted molar refractivity (Wildman–Crippen MR) is 52.2 cm³/mol. The SMILES string of the molecule is CN1CCCCC1CNCCN. The van der Waals surface area contributed by atoms with Crippen LogP contribution >= 0.6 is 0 Å². The molecular formula is C9H21N3. The molecule has 0 aromatic heterocycles. The average molecular weight is 171 g/mol. The summed E-state index contributed by atoms with van der Waals surface area (Å²) in [5.74, 6) is 0. The number of nitrogens with zero attached hydrogens (tertiary/aromatic N) is 1. The van der Waals surface area contributed by atoms with Crippen molar-refractivity contribution in [2.75, 3.05) is 33.2 Å². The van der Waals surface area contributed by atoms with E-state index in [9.17, 15) is 0 Å². The van der Waals surface area contributed by atoms with Crippen LogP contribution in [0.25, 0.3) is 0 Å². The highest BCUT2D eigenvalue weighted by Crippen LogP contribution is 2.13. The van der Waals surface area contributed by atoms with E-state index in [2.05, 4.69) is 17.3 Å². The first kappa shape index (κ1) is 9.96. The Labute approximate surface area is 75.3 Å². The van der Waals surface area contributed by atoms with Crippen LogP contribution in [0, 0.1) is 0 Å². The van der Waals surface area contributed by atoms with Crippen molar-refractivity contribution in [3.8, 4) is 0 Å². The van der Waals surface area contributed by atoms with Crippen molar-refractivity contribution in [2.24, 2.45) is 5.73 Å². The van der Waals surface area contributed by atoms with Crippen LogP contribution in [0.1, 0.15) is 19.3 Å². The summed E-state index contributed by atoms with van der Waals surface area (Å²) in [5.41, 5.74) is 5.40. The summed E-state index contributed by atoms with van der Waals surface area (Å²) in [6.07, 6.45) is 4.09. The quantitative estimate of drug-likeness (QED) is 0.586. The molecule has 1 fully saturated rings. The van der Waals surface area contributed by atoms with Gasteiger partial charge in [0.15, 0.2) is 0 Å². The summed E-state index contributed by atoms with van der Waals surface area (Å²) < 4.78 is 0. The minimum Gasteiger partial charge on any atom is -0.329 e. The highest BCUT2D eigenvalue weighted by atomic mass is 15.2. The Hall–Kier alpha value is -0.120. The maximum atomic E-state index is 5.40. The number of nitrogens with two attached hydrogens (primary N) is 1. The first-order valence-electron chi connectivity index (χ1n) is 4.95. The largest absolute Gasteiger partial charge is 0.329 e. The molecule has 0 aromatic rings. The van der Waals surface area contributed by atoms with Gasteiger partial charge in [-0.05, 0) is 26.4 Å². The molecule has 72 valence electrons. The molecule has 1 heterocycles. The molecule has 1 aliphatic rings. The zero-order valence-corrected chi connectivity index (χ0v) is 8.05. The third-order valence-electron chi connectivity index (χ3n) is 2.62. The lowest BCUT2D eigenvalue weighted by Gasteiger charge is -2.32. The molecule has 0 radical (unpaired) electrons. The molecule has 0 bridgehead atoms.